The van der Waals surface area contributed by atoms with Crippen LogP contribution in [0.2, 0.25) is 0 Å². The van der Waals surface area contributed by atoms with Crippen LogP contribution in [0.15, 0.2) is 23.3 Å². The number of hydrogen-bond donors (Lipinski definition) is 0. The van der Waals surface area contributed by atoms with Crippen LogP contribution in [0, 0.1) is 17.3 Å². The van der Waals surface area contributed by atoms with Crippen molar-refractivity contribution < 1.29 is 0 Å². The minimum atomic E-state index is 0.568. The summed E-state index contributed by atoms with van der Waals surface area (Å²) >= 11 is 0. The predicted octanol–water partition coefficient (Wildman–Crippen LogP) is 6.92. The van der Waals surface area contributed by atoms with Crippen LogP contribution in [0.1, 0.15) is 86.5 Å². The SMILES string of the molecule is CC(C)C1=CCC(C)(C)CC1.CC(C)C1=CCCCC1. The fourth-order valence-electron chi connectivity index (χ4n) is 3.01. The highest BCUT2D eigenvalue weighted by atomic mass is 14.3. The molecule has 20 heavy (non-hydrogen) atoms. The number of hydrogen-bond acceptors (Lipinski definition) is 0. The van der Waals surface area contributed by atoms with E-state index in [4.69, 9.17) is 0 Å². The van der Waals surface area contributed by atoms with E-state index in [1.165, 1.54) is 44.9 Å². The van der Waals surface area contributed by atoms with Crippen molar-refractivity contribution in [2.24, 2.45) is 17.3 Å². The maximum atomic E-state index is 2.45. The van der Waals surface area contributed by atoms with Gasteiger partial charge in [0.2, 0.25) is 0 Å². The summed E-state index contributed by atoms with van der Waals surface area (Å²) in [7, 11) is 0. The standard InChI is InChI=1S/C11H20.C9H16/c1-9(2)10-5-7-11(3,4)8-6-10;1-8(2)9-6-4-3-5-7-9/h5,9H,6-8H2,1-4H3;6,8H,3-5,7H2,1-2H3. The van der Waals surface area contributed by atoms with Crippen molar-refractivity contribution >= 4 is 0 Å². The minimum absolute atomic E-state index is 0.568. The van der Waals surface area contributed by atoms with Crippen LogP contribution in [0.5, 0.6) is 0 Å². The van der Waals surface area contributed by atoms with Crippen LogP contribution in [0.4, 0.5) is 0 Å². The molecule has 0 aromatic rings. The van der Waals surface area contributed by atoms with Gasteiger partial charge in [0.05, 0.1) is 0 Å². The summed E-state index contributed by atoms with van der Waals surface area (Å²) in [6.07, 6.45) is 14.4. The van der Waals surface area contributed by atoms with Crippen LogP contribution < -0.4 is 0 Å². The Bertz CT molecular complexity index is 339. The summed E-state index contributed by atoms with van der Waals surface area (Å²) in [5, 5.41) is 0. The average molecular weight is 277 g/mol. The highest BCUT2D eigenvalue weighted by Crippen LogP contribution is 2.36. The molecule has 0 saturated heterocycles. The summed E-state index contributed by atoms with van der Waals surface area (Å²) < 4.78 is 0. The fourth-order valence-corrected chi connectivity index (χ4v) is 3.01. The smallest absolute Gasteiger partial charge is 0.0260 e. The summed E-state index contributed by atoms with van der Waals surface area (Å²) in [6, 6.07) is 0. The zero-order valence-electron chi connectivity index (χ0n) is 14.8. The molecular formula is C20H36. The molecule has 0 aliphatic heterocycles. The molecule has 0 atom stereocenters. The first kappa shape index (κ1) is 17.5. The minimum Gasteiger partial charge on any atom is -0.0851 e. The zero-order chi connectivity index (χ0) is 15.2. The Morgan fingerprint density at radius 1 is 0.850 bits per heavy atom. The first-order valence-corrected chi connectivity index (χ1v) is 8.69. The third-order valence-electron chi connectivity index (χ3n) is 4.82. The maximum Gasteiger partial charge on any atom is -0.0260 e. The lowest BCUT2D eigenvalue weighted by Crippen LogP contribution is -2.15. The monoisotopic (exact) mass is 276 g/mol. The molecule has 116 valence electrons. The van der Waals surface area contributed by atoms with Crippen molar-refractivity contribution in [1.29, 1.82) is 0 Å². The third kappa shape index (κ3) is 6.29. The molecule has 0 nitrogen and oxygen atoms in total. The van der Waals surface area contributed by atoms with Crippen LogP contribution in [-0.2, 0) is 0 Å². The second-order valence-corrected chi connectivity index (χ2v) is 7.98. The topological polar surface area (TPSA) is 0 Å². The van der Waals surface area contributed by atoms with Gasteiger partial charge in [-0.1, -0.05) is 64.8 Å². The number of rotatable bonds is 2. The van der Waals surface area contributed by atoms with Gasteiger partial charge in [0.1, 0.15) is 0 Å². The maximum absolute atomic E-state index is 2.45. The van der Waals surface area contributed by atoms with Crippen molar-refractivity contribution in [3.63, 3.8) is 0 Å². The van der Waals surface area contributed by atoms with E-state index < -0.39 is 0 Å². The van der Waals surface area contributed by atoms with E-state index in [1.807, 2.05) is 0 Å². The quantitative estimate of drug-likeness (QED) is 0.480. The van der Waals surface area contributed by atoms with Crippen molar-refractivity contribution in [2.45, 2.75) is 86.5 Å². The van der Waals surface area contributed by atoms with Crippen molar-refractivity contribution in [3.8, 4) is 0 Å². The van der Waals surface area contributed by atoms with Gasteiger partial charge in [-0.3, -0.25) is 0 Å². The van der Waals surface area contributed by atoms with E-state index in [1.54, 1.807) is 11.1 Å². The van der Waals surface area contributed by atoms with Crippen LogP contribution in [0.3, 0.4) is 0 Å². The van der Waals surface area contributed by atoms with Gasteiger partial charge in [0, 0.05) is 0 Å². The normalized spacial score (nSPS) is 22.0. The number of allylic oxidation sites excluding steroid dienone is 4. The molecule has 0 radical (unpaired) electrons. The molecule has 2 aliphatic carbocycles. The second kappa shape index (κ2) is 8.05. The molecule has 0 bridgehead atoms. The lowest BCUT2D eigenvalue weighted by molar-refractivity contribution is 0.317. The van der Waals surface area contributed by atoms with Crippen LogP contribution in [0.25, 0.3) is 0 Å². The molecule has 0 aromatic carbocycles. The summed E-state index contributed by atoms with van der Waals surface area (Å²) in [5.41, 5.74) is 3.92. The van der Waals surface area contributed by atoms with Crippen molar-refractivity contribution in [3.05, 3.63) is 23.3 Å². The third-order valence-corrected chi connectivity index (χ3v) is 4.82. The van der Waals surface area contributed by atoms with Gasteiger partial charge >= 0.3 is 0 Å². The Labute approximate surface area is 127 Å². The summed E-state index contributed by atoms with van der Waals surface area (Å²) in [4.78, 5) is 0. The molecule has 0 fully saturated rings. The molecule has 0 amide bonds. The molecule has 0 unspecified atom stereocenters. The average Bonchev–Trinajstić information content (AvgIpc) is 2.40. The Kier molecular flexibility index (Phi) is 7.06. The lowest BCUT2D eigenvalue weighted by atomic mass is 9.76. The van der Waals surface area contributed by atoms with Gasteiger partial charge in [-0.25, -0.2) is 0 Å². The first-order chi connectivity index (χ1) is 9.32. The zero-order valence-corrected chi connectivity index (χ0v) is 14.8. The molecule has 2 rings (SSSR count). The Balaban J connectivity index is 0.000000204. The molecule has 2 aliphatic rings. The van der Waals surface area contributed by atoms with E-state index >= 15 is 0 Å². The molecule has 0 N–H and O–H groups in total. The van der Waals surface area contributed by atoms with Crippen LogP contribution >= 0.6 is 0 Å². The van der Waals surface area contributed by atoms with E-state index in [-0.39, 0.29) is 0 Å². The predicted molar refractivity (Wildman–Crippen MR) is 91.9 cm³/mol. The van der Waals surface area contributed by atoms with E-state index in [0.717, 1.165) is 11.8 Å². The lowest BCUT2D eigenvalue weighted by Gasteiger charge is -2.29. The van der Waals surface area contributed by atoms with E-state index in [9.17, 15) is 0 Å². The largest absolute Gasteiger partial charge is 0.0851 e. The van der Waals surface area contributed by atoms with Gasteiger partial charge in [0.15, 0.2) is 0 Å². The van der Waals surface area contributed by atoms with Gasteiger partial charge in [-0.05, 0) is 62.2 Å². The molecule has 0 heteroatoms. The Morgan fingerprint density at radius 3 is 1.80 bits per heavy atom. The fraction of sp³-hybridized carbons (Fsp3) is 0.800. The molecule has 0 aromatic heterocycles. The highest BCUT2D eigenvalue weighted by Gasteiger charge is 2.21. The molecule has 0 heterocycles. The van der Waals surface area contributed by atoms with Crippen molar-refractivity contribution in [1.82, 2.24) is 0 Å². The van der Waals surface area contributed by atoms with Gasteiger partial charge < -0.3 is 0 Å². The Morgan fingerprint density at radius 2 is 1.45 bits per heavy atom. The molecule has 0 saturated carbocycles. The highest BCUT2D eigenvalue weighted by molar-refractivity contribution is 5.10. The van der Waals surface area contributed by atoms with Gasteiger partial charge in [-0.15, -0.1) is 0 Å². The Hall–Kier alpha value is -0.520. The van der Waals surface area contributed by atoms with Gasteiger partial charge in [0.25, 0.3) is 0 Å². The first-order valence-electron chi connectivity index (χ1n) is 8.69. The van der Waals surface area contributed by atoms with E-state index in [2.05, 4.69) is 53.7 Å². The van der Waals surface area contributed by atoms with Crippen molar-refractivity contribution in [2.75, 3.05) is 0 Å². The molecule has 0 spiro atoms. The summed E-state index contributed by atoms with van der Waals surface area (Å²) in [6.45, 7) is 13.9. The van der Waals surface area contributed by atoms with E-state index in [0.29, 0.717) is 5.41 Å². The van der Waals surface area contributed by atoms with Gasteiger partial charge in [-0.2, -0.15) is 0 Å². The summed E-state index contributed by atoms with van der Waals surface area (Å²) in [5.74, 6) is 1.57. The molecular weight excluding hydrogens is 240 g/mol. The second-order valence-electron chi connectivity index (χ2n) is 7.98. The van der Waals surface area contributed by atoms with Crippen LogP contribution in [-0.4, -0.2) is 0 Å².